The Kier molecular flexibility index (Phi) is 5.90. The molecule has 0 amide bonds. The number of carbonyl (C=O) groups excluding carboxylic acids is 1. The summed E-state index contributed by atoms with van der Waals surface area (Å²) in [7, 11) is 0. The van der Waals surface area contributed by atoms with E-state index >= 15 is 0 Å². The summed E-state index contributed by atoms with van der Waals surface area (Å²) in [6.45, 7) is 0. The van der Waals surface area contributed by atoms with Gasteiger partial charge < -0.3 is 4.84 Å². The van der Waals surface area contributed by atoms with Gasteiger partial charge in [0.15, 0.2) is 0 Å². The first kappa shape index (κ1) is 17.7. The van der Waals surface area contributed by atoms with E-state index in [1.165, 1.54) is 6.07 Å². The number of halogens is 2. The first-order chi connectivity index (χ1) is 12.1. The summed E-state index contributed by atoms with van der Waals surface area (Å²) >= 11 is 11.8. The molecule has 0 spiro atoms. The van der Waals surface area contributed by atoms with Gasteiger partial charge in [-0.3, -0.25) is 0 Å². The van der Waals surface area contributed by atoms with Gasteiger partial charge in [-0.05, 0) is 61.1 Å². The van der Waals surface area contributed by atoms with Crippen LogP contribution in [0.5, 0.6) is 0 Å². The molecule has 5 heteroatoms. The van der Waals surface area contributed by atoms with Crippen molar-refractivity contribution in [2.75, 3.05) is 0 Å². The fourth-order valence-corrected chi connectivity index (χ4v) is 2.99. The highest BCUT2D eigenvalue weighted by molar-refractivity contribution is 6.42. The van der Waals surface area contributed by atoms with Crippen molar-refractivity contribution in [1.29, 1.82) is 0 Å². The van der Waals surface area contributed by atoms with Crippen molar-refractivity contribution >= 4 is 41.0 Å². The zero-order valence-corrected chi connectivity index (χ0v) is 15.1. The van der Waals surface area contributed by atoms with Gasteiger partial charge in [-0.25, -0.2) is 4.79 Å². The minimum absolute atomic E-state index is 0.311. The zero-order chi connectivity index (χ0) is 17.6. The Morgan fingerprint density at radius 1 is 1.00 bits per heavy atom. The van der Waals surface area contributed by atoms with Crippen molar-refractivity contribution in [2.24, 2.45) is 5.16 Å². The van der Waals surface area contributed by atoms with Gasteiger partial charge in [-0.15, -0.1) is 0 Å². The van der Waals surface area contributed by atoms with Gasteiger partial charge >= 0.3 is 5.97 Å². The normalized spacial score (nSPS) is 17.7. The van der Waals surface area contributed by atoms with Crippen molar-refractivity contribution < 1.29 is 9.63 Å². The van der Waals surface area contributed by atoms with E-state index in [2.05, 4.69) is 11.2 Å². The van der Waals surface area contributed by atoms with E-state index in [1.54, 1.807) is 12.1 Å². The van der Waals surface area contributed by atoms with Crippen LogP contribution in [0, 0.1) is 0 Å². The lowest BCUT2D eigenvalue weighted by atomic mass is 9.91. The maximum absolute atomic E-state index is 12.2. The second-order valence-corrected chi connectivity index (χ2v) is 6.65. The topological polar surface area (TPSA) is 38.7 Å². The second-order valence-electron chi connectivity index (χ2n) is 5.83. The van der Waals surface area contributed by atoms with E-state index in [0.717, 1.165) is 42.5 Å². The number of carbonyl (C=O) groups is 1. The Morgan fingerprint density at radius 2 is 1.76 bits per heavy atom. The van der Waals surface area contributed by atoms with Crippen LogP contribution in [-0.2, 0) is 4.84 Å². The summed E-state index contributed by atoms with van der Waals surface area (Å²) in [6, 6.07) is 14.7. The average Bonchev–Trinajstić information content (AvgIpc) is 2.64. The van der Waals surface area contributed by atoms with E-state index < -0.39 is 5.97 Å². The monoisotopic (exact) mass is 373 g/mol. The van der Waals surface area contributed by atoms with Crippen molar-refractivity contribution in [1.82, 2.24) is 0 Å². The smallest absolute Gasteiger partial charge is 0.313 e. The first-order valence-corrected chi connectivity index (χ1v) is 8.88. The molecule has 128 valence electrons. The number of hydrogen-bond acceptors (Lipinski definition) is 3. The van der Waals surface area contributed by atoms with Crippen LogP contribution in [0.3, 0.4) is 0 Å². The average molecular weight is 374 g/mol. The minimum atomic E-state index is -0.546. The maximum Gasteiger partial charge on any atom is 0.365 e. The molecule has 0 aromatic heterocycles. The van der Waals surface area contributed by atoms with Crippen LogP contribution in [0.15, 0.2) is 59.3 Å². The molecule has 3 rings (SSSR count). The molecule has 2 aromatic rings. The van der Waals surface area contributed by atoms with E-state index in [9.17, 15) is 4.79 Å². The molecule has 25 heavy (non-hydrogen) atoms. The molecule has 0 radical (unpaired) electrons. The fourth-order valence-electron chi connectivity index (χ4n) is 2.70. The minimum Gasteiger partial charge on any atom is -0.313 e. The summed E-state index contributed by atoms with van der Waals surface area (Å²) in [5.74, 6) is -0.546. The van der Waals surface area contributed by atoms with Crippen LogP contribution >= 0.6 is 23.2 Å². The summed E-state index contributed by atoms with van der Waals surface area (Å²) in [4.78, 5) is 17.3. The Balaban J connectivity index is 1.77. The highest BCUT2D eigenvalue weighted by Crippen LogP contribution is 2.25. The van der Waals surface area contributed by atoms with Crippen LogP contribution in [0.25, 0.3) is 6.08 Å². The third-order valence-corrected chi connectivity index (χ3v) is 4.75. The zero-order valence-electron chi connectivity index (χ0n) is 13.5. The molecule has 1 aliphatic carbocycles. The molecular weight excluding hydrogens is 357 g/mol. The predicted octanol–water partition coefficient (Wildman–Crippen LogP) is 6.16. The van der Waals surface area contributed by atoms with Crippen molar-refractivity contribution in [3.05, 3.63) is 75.3 Å². The molecule has 0 atom stereocenters. The Labute approximate surface area is 156 Å². The first-order valence-electron chi connectivity index (χ1n) is 8.13. The maximum atomic E-state index is 12.2. The Hall–Kier alpha value is -2.10. The van der Waals surface area contributed by atoms with Crippen LogP contribution in [0.2, 0.25) is 10.0 Å². The van der Waals surface area contributed by atoms with Crippen molar-refractivity contribution in [2.45, 2.75) is 25.7 Å². The lowest BCUT2D eigenvalue weighted by Gasteiger charge is -2.16. The van der Waals surface area contributed by atoms with E-state index in [1.807, 2.05) is 30.3 Å². The number of rotatable bonds is 3. The molecule has 0 saturated heterocycles. The third kappa shape index (κ3) is 4.71. The number of oxime groups is 1. The van der Waals surface area contributed by atoms with Crippen LogP contribution < -0.4 is 0 Å². The summed E-state index contributed by atoms with van der Waals surface area (Å²) in [5, 5.41) is 4.82. The van der Waals surface area contributed by atoms with Gasteiger partial charge in [-0.1, -0.05) is 58.7 Å². The molecule has 0 bridgehead atoms. The molecule has 0 heterocycles. The van der Waals surface area contributed by atoms with E-state index in [0.29, 0.717) is 15.6 Å². The summed E-state index contributed by atoms with van der Waals surface area (Å²) in [6.07, 6.45) is 5.98. The number of benzene rings is 2. The highest BCUT2D eigenvalue weighted by atomic mass is 35.5. The number of nitrogens with zero attached hydrogens (tertiary/aromatic N) is 1. The van der Waals surface area contributed by atoms with Crippen LogP contribution in [-0.4, -0.2) is 11.7 Å². The molecule has 1 saturated carbocycles. The highest BCUT2D eigenvalue weighted by Gasteiger charge is 2.16. The molecule has 3 nitrogen and oxygen atoms in total. The fraction of sp³-hybridized carbons (Fsp3) is 0.200. The van der Waals surface area contributed by atoms with Gasteiger partial charge in [0, 0.05) is 0 Å². The van der Waals surface area contributed by atoms with Crippen molar-refractivity contribution in [3.63, 3.8) is 0 Å². The van der Waals surface area contributed by atoms with Gasteiger partial charge in [0.1, 0.15) is 0 Å². The Bertz CT molecular complexity index is 829. The molecule has 1 fully saturated rings. The molecule has 0 N–H and O–H groups in total. The SMILES string of the molecule is O=C(O/N=C1/CCCC/C1=C/c1ccccc1)c1ccc(Cl)c(Cl)c1. The van der Waals surface area contributed by atoms with Gasteiger partial charge in [0.05, 0.1) is 21.3 Å². The van der Waals surface area contributed by atoms with E-state index in [4.69, 9.17) is 28.0 Å². The standard InChI is InChI=1S/C20H17Cl2NO2/c21-17-11-10-16(13-18(17)22)20(24)25-23-19-9-5-4-8-15(19)12-14-6-2-1-3-7-14/h1-3,6-7,10-13H,4-5,8-9H2/b15-12-,23-19-. The summed E-state index contributed by atoms with van der Waals surface area (Å²) in [5.41, 5.74) is 3.37. The second kappa shape index (κ2) is 8.32. The predicted molar refractivity (Wildman–Crippen MR) is 102 cm³/mol. The van der Waals surface area contributed by atoms with E-state index in [-0.39, 0.29) is 0 Å². The van der Waals surface area contributed by atoms with Crippen molar-refractivity contribution in [3.8, 4) is 0 Å². The van der Waals surface area contributed by atoms with Crippen LogP contribution in [0.1, 0.15) is 41.6 Å². The van der Waals surface area contributed by atoms with Crippen LogP contribution in [0.4, 0.5) is 0 Å². The lowest BCUT2D eigenvalue weighted by molar-refractivity contribution is 0.0515. The third-order valence-electron chi connectivity index (χ3n) is 4.01. The molecule has 2 aromatic carbocycles. The Morgan fingerprint density at radius 3 is 2.52 bits per heavy atom. The number of allylic oxidation sites excluding steroid dienone is 1. The molecular formula is C20H17Cl2NO2. The van der Waals surface area contributed by atoms with Gasteiger partial charge in [-0.2, -0.15) is 0 Å². The molecule has 0 aliphatic heterocycles. The quantitative estimate of drug-likeness (QED) is 0.476. The molecule has 0 unspecified atom stereocenters. The van der Waals surface area contributed by atoms with Gasteiger partial charge in [0.2, 0.25) is 0 Å². The largest absolute Gasteiger partial charge is 0.365 e. The number of hydrogen-bond donors (Lipinski definition) is 0. The lowest BCUT2D eigenvalue weighted by Crippen LogP contribution is -2.11. The summed E-state index contributed by atoms with van der Waals surface area (Å²) < 4.78 is 0. The molecule has 1 aliphatic rings. The van der Waals surface area contributed by atoms with Gasteiger partial charge in [0.25, 0.3) is 0 Å².